The number of imidazole rings is 1. The molecule has 1 aromatic heterocycles. The molecule has 0 atom stereocenters. The zero-order valence-electron chi connectivity index (χ0n) is 7.88. The number of benzene rings is 1. The Kier molecular flexibility index (Phi) is 2.45. The maximum Gasteiger partial charge on any atom is 0.331 e. The van der Waals surface area contributed by atoms with Gasteiger partial charge in [0.15, 0.2) is 6.73 Å². The van der Waals surface area contributed by atoms with E-state index in [9.17, 15) is 9.90 Å². The number of hydrogen-bond donors (Lipinski definition) is 2. The monoisotopic (exact) mass is 206 g/mol. The van der Waals surface area contributed by atoms with E-state index in [1.165, 1.54) is 6.20 Å². The van der Waals surface area contributed by atoms with Crippen LogP contribution >= 0.6 is 0 Å². The van der Waals surface area contributed by atoms with E-state index < -0.39 is 5.69 Å². The van der Waals surface area contributed by atoms with E-state index in [4.69, 9.17) is 4.74 Å². The van der Waals surface area contributed by atoms with Crippen LogP contribution in [0.2, 0.25) is 0 Å². The van der Waals surface area contributed by atoms with Crippen molar-refractivity contribution >= 4 is 0 Å². The Morgan fingerprint density at radius 1 is 1.33 bits per heavy atom. The molecule has 2 N–H and O–H groups in total. The molecule has 0 aliphatic rings. The lowest BCUT2D eigenvalue weighted by atomic mass is 10.3. The predicted molar refractivity (Wildman–Crippen MR) is 53.8 cm³/mol. The average Bonchev–Trinajstić information content (AvgIpc) is 2.58. The summed E-state index contributed by atoms with van der Waals surface area (Å²) >= 11 is 0. The van der Waals surface area contributed by atoms with Gasteiger partial charge >= 0.3 is 5.69 Å². The second-order valence-electron chi connectivity index (χ2n) is 2.97. The molecule has 1 heterocycles. The maximum absolute atomic E-state index is 11.1. The molecule has 78 valence electrons. The Balaban J connectivity index is 2.09. The van der Waals surface area contributed by atoms with Crippen LogP contribution < -0.4 is 10.4 Å². The highest BCUT2D eigenvalue weighted by atomic mass is 16.5. The number of nitrogens with zero attached hydrogens (tertiary/aromatic N) is 1. The van der Waals surface area contributed by atoms with Crippen molar-refractivity contribution in [2.75, 3.05) is 0 Å². The lowest BCUT2D eigenvalue weighted by molar-refractivity contribution is 0.216. The van der Waals surface area contributed by atoms with Gasteiger partial charge in [-0.25, -0.2) is 9.36 Å². The van der Waals surface area contributed by atoms with Crippen molar-refractivity contribution in [1.82, 2.24) is 9.55 Å². The van der Waals surface area contributed by atoms with Gasteiger partial charge in [-0.15, -0.1) is 0 Å². The molecule has 15 heavy (non-hydrogen) atoms. The Labute approximate surface area is 85.6 Å². The summed E-state index contributed by atoms with van der Waals surface area (Å²) in [6, 6.07) is 9.07. The fourth-order valence-corrected chi connectivity index (χ4v) is 1.17. The molecule has 0 unspecified atom stereocenters. The third-order valence-electron chi connectivity index (χ3n) is 1.95. The van der Waals surface area contributed by atoms with Crippen molar-refractivity contribution in [1.29, 1.82) is 0 Å². The van der Waals surface area contributed by atoms with Crippen LogP contribution in [-0.2, 0) is 6.73 Å². The number of H-pyrrole nitrogens is 1. The average molecular weight is 206 g/mol. The van der Waals surface area contributed by atoms with Gasteiger partial charge in [-0.2, -0.15) is 0 Å². The van der Waals surface area contributed by atoms with Crippen LogP contribution in [0.25, 0.3) is 0 Å². The summed E-state index contributed by atoms with van der Waals surface area (Å²) in [7, 11) is 0. The summed E-state index contributed by atoms with van der Waals surface area (Å²) in [6.07, 6.45) is 1.22. The van der Waals surface area contributed by atoms with Gasteiger partial charge in [0.05, 0.1) is 6.20 Å². The smallest absolute Gasteiger partial charge is 0.331 e. The van der Waals surface area contributed by atoms with Gasteiger partial charge in [0.1, 0.15) is 5.75 Å². The molecule has 0 aliphatic heterocycles. The fourth-order valence-electron chi connectivity index (χ4n) is 1.17. The fraction of sp³-hybridized carbons (Fsp3) is 0.100. The van der Waals surface area contributed by atoms with Crippen LogP contribution in [-0.4, -0.2) is 14.7 Å². The summed E-state index contributed by atoms with van der Waals surface area (Å²) in [5, 5.41) is 9.26. The molecular weight excluding hydrogens is 196 g/mol. The molecular formula is C10H10N2O3. The number of aromatic amines is 1. The first kappa shape index (κ1) is 9.39. The van der Waals surface area contributed by atoms with Crippen molar-refractivity contribution < 1.29 is 9.84 Å². The summed E-state index contributed by atoms with van der Waals surface area (Å²) < 4.78 is 6.39. The van der Waals surface area contributed by atoms with Crippen molar-refractivity contribution in [3.05, 3.63) is 47.0 Å². The Morgan fingerprint density at radius 2 is 2.07 bits per heavy atom. The van der Waals surface area contributed by atoms with Crippen LogP contribution in [0.5, 0.6) is 11.6 Å². The number of para-hydroxylation sites is 1. The van der Waals surface area contributed by atoms with Gasteiger partial charge in [0.25, 0.3) is 0 Å². The van der Waals surface area contributed by atoms with E-state index in [2.05, 4.69) is 4.98 Å². The normalized spacial score (nSPS) is 10.1. The minimum absolute atomic E-state index is 0.0157. The van der Waals surface area contributed by atoms with Gasteiger partial charge in [0.2, 0.25) is 5.88 Å². The van der Waals surface area contributed by atoms with Gasteiger partial charge in [-0.1, -0.05) is 18.2 Å². The van der Waals surface area contributed by atoms with Gasteiger partial charge in [-0.3, -0.25) is 0 Å². The summed E-state index contributed by atoms with van der Waals surface area (Å²) in [6.45, 7) is -0.0157. The molecule has 1 aromatic carbocycles. The van der Waals surface area contributed by atoms with Crippen molar-refractivity contribution in [3.8, 4) is 11.6 Å². The molecule has 0 radical (unpaired) electrons. The van der Waals surface area contributed by atoms with Crippen molar-refractivity contribution in [3.63, 3.8) is 0 Å². The van der Waals surface area contributed by atoms with Gasteiger partial charge in [-0.05, 0) is 12.1 Å². The molecule has 0 amide bonds. The number of aromatic hydroxyl groups is 1. The molecule has 0 fully saturated rings. The quantitative estimate of drug-likeness (QED) is 0.784. The van der Waals surface area contributed by atoms with Crippen LogP contribution in [0, 0.1) is 0 Å². The molecule has 0 aliphatic carbocycles. The van der Waals surface area contributed by atoms with E-state index in [0.29, 0.717) is 5.75 Å². The van der Waals surface area contributed by atoms with E-state index >= 15 is 0 Å². The van der Waals surface area contributed by atoms with E-state index in [1.807, 2.05) is 18.2 Å². The Bertz CT molecular complexity index is 487. The molecule has 0 saturated carbocycles. The standard InChI is InChI=1S/C10H10N2O3/c13-9-6-11-10(14)12(9)7-15-8-4-2-1-3-5-8/h1-6,13H,7H2,(H,11,14). The lowest BCUT2D eigenvalue weighted by Gasteiger charge is -2.06. The second-order valence-corrected chi connectivity index (χ2v) is 2.97. The Morgan fingerprint density at radius 3 is 2.67 bits per heavy atom. The summed E-state index contributed by atoms with van der Waals surface area (Å²) in [4.78, 5) is 13.5. The molecule has 5 heteroatoms. The first-order chi connectivity index (χ1) is 7.27. The largest absolute Gasteiger partial charge is 0.493 e. The van der Waals surface area contributed by atoms with Crippen LogP contribution in [0.15, 0.2) is 41.3 Å². The van der Waals surface area contributed by atoms with E-state index in [-0.39, 0.29) is 12.6 Å². The zero-order chi connectivity index (χ0) is 10.7. The minimum atomic E-state index is -0.400. The maximum atomic E-state index is 11.1. The highest BCUT2D eigenvalue weighted by Crippen LogP contribution is 2.10. The lowest BCUT2D eigenvalue weighted by Crippen LogP contribution is -2.19. The zero-order valence-corrected chi connectivity index (χ0v) is 7.88. The molecule has 0 spiro atoms. The number of aromatic nitrogens is 2. The molecule has 0 saturated heterocycles. The van der Waals surface area contributed by atoms with E-state index in [1.54, 1.807) is 12.1 Å². The Hall–Kier alpha value is -2.17. The first-order valence-corrected chi connectivity index (χ1v) is 4.42. The van der Waals surface area contributed by atoms with Crippen LogP contribution in [0.4, 0.5) is 0 Å². The number of rotatable bonds is 3. The summed E-state index contributed by atoms with van der Waals surface area (Å²) in [5.41, 5.74) is -0.400. The van der Waals surface area contributed by atoms with Crippen molar-refractivity contribution in [2.45, 2.75) is 6.73 Å². The minimum Gasteiger partial charge on any atom is -0.493 e. The second kappa shape index (κ2) is 3.91. The topological polar surface area (TPSA) is 67.2 Å². The number of hydrogen-bond acceptors (Lipinski definition) is 3. The predicted octanol–water partition coefficient (Wildman–Crippen LogP) is 0.918. The third kappa shape index (κ3) is 2.01. The van der Waals surface area contributed by atoms with Gasteiger partial charge in [0, 0.05) is 0 Å². The number of nitrogens with one attached hydrogen (secondary N) is 1. The van der Waals surface area contributed by atoms with Crippen LogP contribution in [0.1, 0.15) is 0 Å². The highest BCUT2D eigenvalue weighted by Gasteiger charge is 2.03. The van der Waals surface area contributed by atoms with E-state index in [0.717, 1.165) is 4.57 Å². The van der Waals surface area contributed by atoms with Crippen molar-refractivity contribution in [2.24, 2.45) is 0 Å². The highest BCUT2D eigenvalue weighted by molar-refractivity contribution is 5.20. The SMILES string of the molecule is O=c1[nH]cc(O)n1COc1ccccc1. The first-order valence-electron chi connectivity index (χ1n) is 4.42. The summed E-state index contributed by atoms with van der Waals surface area (Å²) in [5.74, 6) is 0.501. The molecule has 0 bridgehead atoms. The third-order valence-corrected chi connectivity index (χ3v) is 1.95. The molecule has 2 aromatic rings. The molecule has 2 rings (SSSR count). The number of ether oxygens (including phenoxy) is 1. The molecule has 5 nitrogen and oxygen atoms in total. The van der Waals surface area contributed by atoms with Crippen LogP contribution in [0.3, 0.4) is 0 Å². The van der Waals surface area contributed by atoms with Gasteiger partial charge < -0.3 is 14.8 Å².